The van der Waals surface area contributed by atoms with Crippen molar-refractivity contribution in [1.82, 2.24) is 9.21 Å². The topological polar surface area (TPSA) is 40.6 Å². The second-order valence-electron chi connectivity index (χ2n) is 5.93. The third kappa shape index (κ3) is 3.40. The van der Waals surface area contributed by atoms with Gasteiger partial charge in [-0.15, -0.1) is 0 Å². The van der Waals surface area contributed by atoms with Crippen molar-refractivity contribution >= 4 is 10.0 Å². The number of piperazine rings is 1. The van der Waals surface area contributed by atoms with Crippen molar-refractivity contribution in [3.8, 4) is 0 Å². The van der Waals surface area contributed by atoms with E-state index in [4.69, 9.17) is 0 Å². The van der Waals surface area contributed by atoms with Crippen LogP contribution in [0.25, 0.3) is 0 Å². The molecule has 1 heterocycles. The van der Waals surface area contributed by atoms with E-state index in [0.29, 0.717) is 13.1 Å². The number of sulfonamides is 1. The zero-order valence-corrected chi connectivity index (χ0v) is 13.5. The van der Waals surface area contributed by atoms with Crippen LogP contribution >= 0.6 is 0 Å². The summed E-state index contributed by atoms with van der Waals surface area (Å²) < 4.78 is 26.8. The molecule has 0 bridgehead atoms. The minimum absolute atomic E-state index is 0.0951. The predicted molar refractivity (Wildman–Crippen MR) is 82.1 cm³/mol. The molecule has 2 rings (SSSR count). The van der Waals surface area contributed by atoms with Gasteiger partial charge in [-0.2, -0.15) is 4.31 Å². The van der Waals surface area contributed by atoms with E-state index in [1.807, 2.05) is 31.2 Å². The summed E-state index contributed by atoms with van der Waals surface area (Å²) in [6.07, 6.45) is 0. The molecule has 5 heteroatoms. The van der Waals surface area contributed by atoms with Gasteiger partial charge in [-0.25, -0.2) is 8.42 Å². The molecule has 2 unspecified atom stereocenters. The Labute approximate surface area is 122 Å². The van der Waals surface area contributed by atoms with Gasteiger partial charge in [0.1, 0.15) is 0 Å². The monoisotopic (exact) mass is 296 g/mol. The molecule has 0 amide bonds. The second-order valence-corrected chi connectivity index (χ2v) is 7.89. The van der Waals surface area contributed by atoms with Gasteiger partial charge in [-0.1, -0.05) is 29.8 Å². The van der Waals surface area contributed by atoms with Gasteiger partial charge in [0.05, 0.1) is 5.75 Å². The van der Waals surface area contributed by atoms with Crippen LogP contribution in [0.15, 0.2) is 24.3 Å². The van der Waals surface area contributed by atoms with Crippen molar-refractivity contribution in [2.75, 3.05) is 20.1 Å². The molecule has 20 heavy (non-hydrogen) atoms. The van der Waals surface area contributed by atoms with Gasteiger partial charge in [0, 0.05) is 25.2 Å². The molecule has 0 radical (unpaired) electrons. The van der Waals surface area contributed by atoms with Crippen LogP contribution in [0.3, 0.4) is 0 Å². The molecule has 4 nitrogen and oxygen atoms in total. The fourth-order valence-electron chi connectivity index (χ4n) is 2.69. The summed E-state index contributed by atoms with van der Waals surface area (Å²) in [7, 11) is -1.18. The Kier molecular flexibility index (Phi) is 4.52. The van der Waals surface area contributed by atoms with E-state index < -0.39 is 10.0 Å². The van der Waals surface area contributed by atoms with Crippen molar-refractivity contribution in [2.45, 2.75) is 38.6 Å². The molecule has 1 aromatic rings. The molecule has 1 aliphatic rings. The van der Waals surface area contributed by atoms with Crippen LogP contribution in [0.5, 0.6) is 0 Å². The van der Waals surface area contributed by atoms with E-state index in [-0.39, 0.29) is 17.8 Å². The van der Waals surface area contributed by atoms with E-state index in [1.165, 1.54) is 0 Å². The summed E-state index contributed by atoms with van der Waals surface area (Å²) in [5.41, 5.74) is 1.96. The van der Waals surface area contributed by atoms with Crippen LogP contribution in [0.2, 0.25) is 0 Å². The molecular formula is C15H24N2O2S. The summed E-state index contributed by atoms with van der Waals surface area (Å²) in [6.45, 7) is 7.29. The maximum atomic E-state index is 12.6. The fraction of sp³-hybridized carbons (Fsp3) is 0.600. The van der Waals surface area contributed by atoms with Crippen molar-refractivity contribution in [3.05, 3.63) is 35.4 Å². The van der Waals surface area contributed by atoms with E-state index in [9.17, 15) is 8.42 Å². The number of rotatable bonds is 3. The molecular weight excluding hydrogens is 272 g/mol. The lowest BCUT2D eigenvalue weighted by Crippen LogP contribution is -2.56. The Balaban J connectivity index is 2.15. The molecule has 0 aromatic heterocycles. The SMILES string of the molecule is Cc1cccc(CS(=O)(=O)N2CC(C)N(C)C(C)C2)c1. The molecule has 1 aliphatic heterocycles. The first-order chi connectivity index (χ1) is 9.29. The zero-order chi connectivity index (χ0) is 14.9. The molecule has 0 saturated carbocycles. The standard InChI is InChI=1S/C15H24N2O2S/c1-12-6-5-7-15(8-12)11-20(18,19)17-9-13(2)16(4)14(3)10-17/h5-8,13-14H,9-11H2,1-4H3. The summed E-state index contributed by atoms with van der Waals surface area (Å²) >= 11 is 0. The number of hydrogen-bond acceptors (Lipinski definition) is 3. The van der Waals surface area contributed by atoms with E-state index in [2.05, 4.69) is 25.8 Å². The first-order valence-electron chi connectivity index (χ1n) is 7.05. The first kappa shape index (κ1) is 15.5. The highest BCUT2D eigenvalue weighted by Crippen LogP contribution is 2.19. The fourth-order valence-corrected chi connectivity index (χ4v) is 4.36. The highest BCUT2D eigenvalue weighted by molar-refractivity contribution is 7.88. The third-order valence-corrected chi connectivity index (χ3v) is 5.93. The summed E-state index contributed by atoms with van der Waals surface area (Å²) in [4.78, 5) is 2.23. The maximum absolute atomic E-state index is 12.6. The van der Waals surface area contributed by atoms with Crippen molar-refractivity contribution in [2.24, 2.45) is 0 Å². The van der Waals surface area contributed by atoms with Crippen molar-refractivity contribution in [3.63, 3.8) is 0 Å². The maximum Gasteiger partial charge on any atom is 0.218 e. The van der Waals surface area contributed by atoms with Crippen LogP contribution in [0.4, 0.5) is 0 Å². The van der Waals surface area contributed by atoms with Gasteiger partial charge in [0.2, 0.25) is 10.0 Å². The van der Waals surface area contributed by atoms with Crippen LogP contribution in [0, 0.1) is 6.92 Å². The number of likely N-dealkylation sites (N-methyl/N-ethyl adjacent to an activating group) is 1. The highest BCUT2D eigenvalue weighted by atomic mass is 32.2. The van der Waals surface area contributed by atoms with Crippen LogP contribution in [0.1, 0.15) is 25.0 Å². The van der Waals surface area contributed by atoms with Crippen LogP contribution < -0.4 is 0 Å². The number of aryl methyl sites for hydroxylation is 1. The molecule has 0 N–H and O–H groups in total. The average Bonchev–Trinajstić information content (AvgIpc) is 2.34. The predicted octanol–water partition coefficient (Wildman–Crippen LogP) is 1.85. The van der Waals surface area contributed by atoms with Gasteiger partial charge >= 0.3 is 0 Å². The zero-order valence-electron chi connectivity index (χ0n) is 12.7. The second kappa shape index (κ2) is 5.84. The largest absolute Gasteiger partial charge is 0.298 e. The number of benzene rings is 1. The molecule has 1 saturated heterocycles. The quantitative estimate of drug-likeness (QED) is 0.855. The van der Waals surface area contributed by atoms with Gasteiger partial charge in [-0.3, -0.25) is 4.90 Å². The lowest BCUT2D eigenvalue weighted by molar-refractivity contribution is 0.105. The molecule has 2 atom stereocenters. The Bertz CT molecular complexity index is 559. The third-order valence-electron chi connectivity index (χ3n) is 4.15. The van der Waals surface area contributed by atoms with Crippen LogP contribution in [-0.2, 0) is 15.8 Å². The highest BCUT2D eigenvalue weighted by Gasteiger charge is 2.33. The Morgan fingerprint density at radius 1 is 1.20 bits per heavy atom. The molecule has 112 valence electrons. The lowest BCUT2D eigenvalue weighted by Gasteiger charge is -2.41. The smallest absolute Gasteiger partial charge is 0.218 e. The molecule has 1 aromatic carbocycles. The molecule has 0 spiro atoms. The Hall–Kier alpha value is -0.910. The van der Waals surface area contributed by atoms with Gasteiger partial charge < -0.3 is 0 Å². The molecule has 0 aliphatic carbocycles. The van der Waals surface area contributed by atoms with E-state index >= 15 is 0 Å². The van der Waals surface area contributed by atoms with Gasteiger partial charge in [0.15, 0.2) is 0 Å². The normalized spacial score (nSPS) is 25.8. The Morgan fingerprint density at radius 3 is 2.35 bits per heavy atom. The molecule has 1 fully saturated rings. The number of nitrogens with zero attached hydrogens (tertiary/aromatic N) is 2. The minimum Gasteiger partial charge on any atom is -0.298 e. The summed E-state index contributed by atoms with van der Waals surface area (Å²) in [5, 5.41) is 0. The van der Waals surface area contributed by atoms with E-state index in [1.54, 1.807) is 4.31 Å². The number of hydrogen-bond donors (Lipinski definition) is 0. The average molecular weight is 296 g/mol. The van der Waals surface area contributed by atoms with Crippen molar-refractivity contribution in [1.29, 1.82) is 0 Å². The summed E-state index contributed by atoms with van der Waals surface area (Å²) in [5.74, 6) is 0.0951. The minimum atomic E-state index is -3.24. The van der Waals surface area contributed by atoms with Gasteiger partial charge in [-0.05, 0) is 33.4 Å². The van der Waals surface area contributed by atoms with Crippen LogP contribution in [-0.4, -0.2) is 49.8 Å². The van der Waals surface area contributed by atoms with Crippen molar-refractivity contribution < 1.29 is 8.42 Å². The van der Waals surface area contributed by atoms with Gasteiger partial charge in [0.25, 0.3) is 0 Å². The first-order valence-corrected chi connectivity index (χ1v) is 8.66. The summed E-state index contributed by atoms with van der Waals surface area (Å²) in [6, 6.07) is 8.23. The Morgan fingerprint density at radius 2 is 1.80 bits per heavy atom. The lowest BCUT2D eigenvalue weighted by atomic mass is 10.1. The van der Waals surface area contributed by atoms with E-state index in [0.717, 1.165) is 11.1 Å².